The monoisotopic (exact) mass is 205 g/mol. The average Bonchev–Trinajstić information content (AvgIpc) is 2.08. The molecule has 4 heteroatoms. The van der Waals surface area contributed by atoms with E-state index in [2.05, 4.69) is 0 Å². The number of aryl methyl sites for hydroxylation is 1. The summed E-state index contributed by atoms with van der Waals surface area (Å²) in [6.07, 6.45) is 0.846. The van der Waals surface area contributed by atoms with Gasteiger partial charge in [-0.3, -0.25) is 4.79 Å². The van der Waals surface area contributed by atoms with E-state index in [1.807, 2.05) is 30.0 Å². The lowest BCUT2D eigenvalue weighted by molar-refractivity contribution is -0.120. The zero-order valence-corrected chi connectivity index (χ0v) is 8.73. The van der Waals surface area contributed by atoms with E-state index in [1.54, 1.807) is 0 Å². The van der Waals surface area contributed by atoms with Crippen molar-refractivity contribution in [3.8, 4) is 0 Å². The van der Waals surface area contributed by atoms with E-state index >= 15 is 0 Å². The van der Waals surface area contributed by atoms with Crippen LogP contribution in [0.5, 0.6) is 0 Å². The van der Waals surface area contributed by atoms with Crippen molar-refractivity contribution in [3.05, 3.63) is 23.8 Å². The maximum absolute atomic E-state index is 11.1. The average molecular weight is 205 g/mol. The Morgan fingerprint density at radius 3 is 2.73 bits per heavy atom. The predicted octanol–water partition coefficient (Wildman–Crippen LogP) is 0.641. The van der Waals surface area contributed by atoms with Gasteiger partial charge in [-0.05, 0) is 37.1 Å². The van der Waals surface area contributed by atoms with Crippen molar-refractivity contribution in [2.24, 2.45) is 5.73 Å². The van der Waals surface area contributed by atoms with Crippen LogP contribution in [0.4, 0.5) is 11.4 Å². The number of hydrogen-bond acceptors (Lipinski definition) is 3. The predicted molar refractivity (Wildman–Crippen MR) is 60.5 cm³/mol. The summed E-state index contributed by atoms with van der Waals surface area (Å²) in [5, 5.41) is 0. The lowest BCUT2D eigenvalue weighted by Crippen LogP contribution is -2.55. The zero-order valence-electron chi connectivity index (χ0n) is 8.73. The van der Waals surface area contributed by atoms with Gasteiger partial charge in [-0.25, -0.2) is 0 Å². The molecule has 1 fully saturated rings. The molecule has 1 atom stereocenters. The van der Waals surface area contributed by atoms with Gasteiger partial charge in [-0.15, -0.1) is 0 Å². The molecular weight excluding hydrogens is 190 g/mol. The Kier molecular flexibility index (Phi) is 2.26. The van der Waals surface area contributed by atoms with Crippen molar-refractivity contribution in [2.75, 3.05) is 17.2 Å². The fourth-order valence-electron chi connectivity index (χ4n) is 1.83. The Morgan fingerprint density at radius 2 is 2.27 bits per heavy atom. The maximum atomic E-state index is 11.1. The van der Waals surface area contributed by atoms with Crippen LogP contribution >= 0.6 is 0 Å². The van der Waals surface area contributed by atoms with Crippen LogP contribution in [0.15, 0.2) is 18.2 Å². The minimum atomic E-state index is -0.254. The summed E-state index contributed by atoms with van der Waals surface area (Å²) in [6.45, 7) is 2.84. The Bertz CT molecular complexity index is 403. The molecule has 1 heterocycles. The Balaban J connectivity index is 2.23. The maximum Gasteiger partial charge on any atom is 0.240 e. The lowest BCUT2D eigenvalue weighted by atomic mass is 10.0. The molecule has 1 amide bonds. The third-order valence-electron chi connectivity index (χ3n) is 2.93. The Morgan fingerprint density at radius 1 is 1.53 bits per heavy atom. The number of benzene rings is 1. The number of nitrogens with two attached hydrogens (primary N) is 2. The molecule has 0 bridgehead atoms. The molecule has 4 nitrogen and oxygen atoms in total. The van der Waals surface area contributed by atoms with Crippen LogP contribution in [0.1, 0.15) is 12.0 Å². The molecule has 1 aromatic carbocycles. The summed E-state index contributed by atoms with van der Waals surface area (Å²) < 4.78 is 0. The highest BCUT2D eigenvalue weighted by atomic mass is 16.1. The fourth-order valence-corrected chi connectivity index (χ4v) is 1.83. The third-order valence-corrected chi connectivity index (χ3v) is 2.93. The molecule has 0 spiro atoms. The summed E-state index contributed by atoms with van der Waals surface area (Å²) in [5.41, 5.74) is 13.8. The molecule has 0 radical (unpaired) electrons. The largest absolute Gasteiger partial charge is 0.399 e. The number of amides is 1. The number of anilines is 2. The molecule has 2 rings (SSSR count). The molecule has 1 aromatic rings. The highest BCUT2D eigenvalue weighted by Gasteiger charge is 2.32. The van der Waals surface area contributed by atoms with E-state index in [0.717, 1.165) is 29.9 Å². The minimum absolute atomic E-state index is 0.145. The van der Waals surface area contributed by atoms with E-state index < -0.39 is 0 Å². The first kappa shape index (κ1) is 9.83. The van der Waals surface area contributed by atoms with Crippen molar-refractivity contribution in [1.82, 2.24) is 0 Å². The van der Waals surface area contributed by atoms with Crippen LogP contribution < -0.4 is 16.4 Å². The van der Waals surface area contributed by atoms with Crippen LogP contribution in [0.2, 0.25) is 0 Å². The van der Waals surface area contributed by atoms with Crippen molar-refractivity contribution >= 4 is 17.3 Å². The van der Waals surface area contributed by atoms with Gasteiger partial charge in [0.15, 0.2) is 0 Å². The second-order valence-corrected chi connectivity index (χ2v) is 3.94. The summed E-state index contributed by atoms with van der Waals surface area (Å²) in [6, 6.07) is 5.64. The van der Waals surface area contributed by atoms with E-state index in [0.29, 0.717) is 0 Å². The van der Waals surface area contributed by atoms with Gasteiger partial charge in [0.25, 0.3) is 0 Å². The van der Waals surface area contributed by atoms with Gasteiger partial charge in [-0.2, -0.15) is 0 Å². The van der Waals surface area contributed by atoms with E-state index in [-0.39, 0.29) is 11.9 Å². The highest BCUT2D eigenvalue weighted by molar-refractivity contribution is 5.85. The summed E-state index contributed by atoms with van der Waals surface area (Å²) >= 11 is 0. The summed E-state index contributed by atoms with van der Waals surface area (Å²) in [5.74, 6) is -0.254. The van der Waals surface area contributed by atoms with Crippen molar-refractivity contribution in [2.45, 2.75) is 19.4 Å². The number of hydrogen-bond donors (Lipinski definition) is 2. The molecule has 0 aliphatic carbocycles. The summed E-state index contributed by atoms with van der Waals surface area (Å²) in [7, 11) is 0. The highest BCUT2D eigenvalue weighted by Crippen LogP contribution is 2.28. The second kappa shape index (κ2) is 3.46. The van der Waals surface area contributed by atoms with E-state index in [4.69, 9.17) is 11.5 Å². The number of nitrogens with zero attached hydrogens (tertiary/aromatic N) is 1. The topological polar surface area (TPSA) is 72.3 Å². The van der Waals surface area contributed by atoms with Crippen LogP contribution in [0.25, 0.3) is 0 Å². The first-order valence-electron chi connectivity index (χ1n) is 5.01. The quantitative estimate of drug-likeness (QED) is 0.696. The molecule has 4 N–H and O–H groups in total. The zero-order chi connectivity index (χ0) is 11.0. The van der Waals surface area contributed by atoms with Crippen LogP contribution in [0, 0.1) is 6.92 Å². The van der Waals surface area contributed by atoms with Crippen molar-refractivity contribution in [1.29, 1.82) is 0 Å². The van der Waals surface area contributed by atoms with Gasteiger partial charge >= 0.3 is 0 Å². The van der Waals surface area contributed by atoms with Crippen LogP contribution in [-0.2, 0) is 4.79 Å². The smallest absolute Gasteiger partial charge is 0.240 e. The normalized spacial score (nSPS) is 19.8. The number of carbonyl (C=O) groups is 1. The molecule has 0 saturated carbocycles. The molecule has 1 aliphatic rings. The minimum Gasteiger partial charge on any atom is -0.399 e. The van der Waals surface area contributed by atoms with Gasteiger partial charge in [0.1, 0.15) is 6.04 Å². The SMILES string of the molecule is Cc1cc(N2CCC2C(N)=O)ccc1N. The van der Waals surface area contributed by atoms with E-state index in [9.17, 15) is 4.79 Å². The number of nitrogen functional groups attached to an aromatic ring is 1. The van der Waals surface area contributed by atoms with Gasteiger partial charge in [0.2, 0.25) is 5.91 Å². The van der Waals surface area contributed by atoms with Crippen molar-refractivity contribution in [3.63, 3.8) is 0 Å². The van der Waals surface area contributed by atoms with Crippen LogP contribution in [0.3, 0.4) is 0 Å². The lowest BCUT2D eigenvalue weighted by Gasteiger charge is -2.40. The Labute approximate surface area is 88.9 Å². The first-order chi connectivity index (χ1) is 7.09. The number of carbonyl (C=O) groups excluding carboxylic acids is 1. The van der Waals surface area contributed by atoms with Gasteiger partial charge in [0, 0.05) is 17.9 Å². The molecule has 1 saturated heterocycles. The van der Waals surface area contributed by atoms with Gasteiger partial charge < -0.3 is 16.4 Å². The second-order valence-electron chi connectivity index (χ2n) is 3.94. The Hall–Kier alpha value is -1.71. The molecule has 15 heavy (non-hydrogen) atoms. The molecule has 1 unspecified atom stereocenters. The molecule has 1 aliphatic heterocycles. The fraction of sp³-hybridized carbons (Fsp3) is 0.364. The molecular formula is C11H15N3O. The molecule has 80 valence electrons. The van der Waals surface area contributed by atoms with Crippen molar-refractivity contribution < 1.29 is 4.79 Å². The summed E-state index contributed by atoms with van der Waals surface area (Å²) in [4.78, 5) is 13.1. The number of primary amides is 1. The number of rotatable bonds is 2. The first-order valence-corrected chi connectivity index (χ1v) is 5.01. The van der Waals surface area contributed by atoms with Gasteiger partial charge in [0.05, 0.1) is 0 Å². The van der Waals surface area contributed by atoms with E-state index in [1.165, 1.54) is 0 Å². The molecule has 0 aromatic heterocycles. The van der Waals surface area contributed by atoms with Gasteiger partial charge in [-0.1, -0.05) is 0 Å². The third kappa shape index (κ3) is 1.63. The standard InChI is InChI=1S/C11H15N3O/c1-7-6-8(2-3-9(7)12)14-5-4-10(14)11(13)15/h2-3,6,10H,4-5,12H2,1H3,(H2,13,15). The van der Waals surface area contributed by atoms with Crippen LogP contribution in [-0.4, -0.2) is 18.5 Å².